The number of aromatic nitrogens is 1. The van der Waals surface area contributed by atoms with Crippen molar-refractivity contribution in [2.45, 2.75) is 25.6 Å². The third kappa shape index (κ3) is 6.88. The molecule has 0 bridgehead atoms. The number of hydrogen-bond donors (Lipinski definition) is 3. The molecule has 1 aromatic heterocycles. The lowest BCUT2D eigenvalue weighted by Gasteiger charge is -2.29. The zero-order valence-electron chi connectivity index (χ0n) is 21.0. The van der Waals surface area contributed by atoms with Crippen LogP contribution in [0.25, 0.3) is 17.0 Å². The van der Waals surface area contributed by atoms with Gasteiger partial charge in [-0.1, -0.05) is 78.9 Å². The lowest BCUT2D eigenvalue weighted by atomic mass is 10.0. The number of amides is 2. The number of carbonyl (C=O) groups is 2. The van der Waals surface area contributed by atoms with Crippen LogP contribution in [0.2, 0.25) is 0 Å². The minimum absolute atomic E-state index is 0.108. The summed E-state index contributed by atoms with van der Waals surface area (Å²) in [5.74, 6) is -0.686. The van der Waals surface area contributed by atoms with Gasteiger partial charge in [0, 0.05) is 17.7 Å². The molecule has 0 aliphatic heterocycles. The second kappa shape index (κ2) is 12.7. The van der Waals surface area contributed by atoms with E-state index in [0.29, 0.717) is 17.6 Å². The standard InChI is InChI=1S/C30H29N5O2S/c1-21(33-27(36)18-17-22-10-4-2-5-11-22)34-30(38)35(26-16-8-14-24-15-9-19-32-28(24)26)29(37)25(31)20-23-12-6-3-7-13-23/h2-19,21,25H,20,31H2,1H3,(H,33,36)(H,34,38)/b18-17+/t21?,25-/m0/s1. The van der Waals surface area contributed by atoms with E-state index in [1.807, 2.05) is 84.9 Å². The molecule has 2 amide bonds. The molecule has 1 heterocycles. The van der Waals surface area contributed by atoms with E-state index in [1.54, 1.807) is 25.3 Å². The SMILES string of the molecule is CC(NC(=O)/C=C/c1ccccc1)NC(=S)N(C(=O)[C@@H](N)Cc1ccccc1)c1cccc2cccnc12. The summed E-state index contributed by atoms with van der Waals surface area (Å²) in [6.45, 7) is 1.74. The summed E-state index contributed by atoms with van der Waals surface area (Å²) in [4.78, 5) is 32.1. The Morgan fingerprint density at radius 2 is 1.63 bits per heavy atom. The lowest BCUT2D eigenvalue weighted by molar-refractivity contribution is -0.119. The van der Waals surface area contributed by atoms with Crippen LogP contribution < -0.4 is 21.3 Å². The Labute approximate surface area is 227 Å². The van der Waals surface area contributed by atoms with Gasteiger partial charge in [-0.05, 0) is 54.9 Å². The highest BCUT2D eigenvalue weighted by molar-refractivity contribution is 7.80. The van der Waals surface area contributed by atoms with Gasteiger partial charge in [0.05, 0.1) is 23.4 Å². The normalized spacial score (nSPS) is 12.6. The van der Waals surface area contributed by atoms with Crippen LogP contribution in [-0.4, -0.2) is 34.1 Å². The van der Waals surface area contributed by atoms with Gasteiger partial charge in [-0.3, -0.25) is 19.5 Å². The smallest absolute Gasteiger partial charge is 0.250 e. The fourth-order valence-electron chi connectivity index (χ4n) is 4.00. The Balaban J connectivity index is 1.54. The molecule has 0 fully saturated rings. The number of anilines is 1. The molecule has 38 heavy (non-hydrogen) atoms. The number of carbonyl (C=O) groups excluding carboxylic acids is 2. The van der Waals surface area contributed by atoms with E-state index < -0.39 is 12.2 Å². The van der Waals surface area contributed by atoms with Gasteiger partial charge in [-0.2, -0.15) is 0 Å². The first-order valence-corrected chi connectivity index (χ1v) is 12.6. The number of pyridine rings is 1. The second-order valence-corrected chi connectivity index (χ2v) is 9.13. The molecule has 4 rings (SSSR count). The number of benzene rings is 3. The molecule has 0 aliphatic rings. The Morgan fingerprint density at radius 1 is 0.947 bits per heavy atom. The number of rotatable bonds is 8. The van der Waals surface area contributed by atoms with E-state index in [0.717, 1.165) is 16.5 Å². The van der Waals surface area contributed by atoms with Gasteiger partial charge in [-0.15, -0.1) is 0 Å². The highest BCUT2D eigenvalue weighted by atomic mass is 32.1. The number of nitrogens with one attached hydrogen (secondary N) is 2. The van der Waals surface area contributed by atoms with Crippen LogP contribution in [0, 0.1) is 0 Å². The third-order valence-corrected chi connectivity index (χ3v) is 6.12. The van der Waals surface area contributed by atoms with E-state index in [-0.39, 0.29) is 16.9 Å². The molecule has 7 nitrogen and oxygen atoms in total. The Morgan fingerprint density at radius 3 is 2.37 bits per heavy atom. The molecule has 1 unspecified atom stereocenters. The van der Waals surface area contributed by atoms with Gasteiger partial charge in [-0.25, -0.2) is 0 Å². The van der Waals surface area contributed by atoms with Crippen LogP contribution >= 0.6 is 12.2 Å². The van der Waals surface area contributed by atoms with Gasteiger partial charge in [0.2, 0.25) is 5.91 Å². The van der Waals surface area contributed by atoms with E-state index in [1.165, 1.54) is 11.0 Å². The number of thiocarbonyl (C=S) groups is 1. The molecule has 0 spiro atoms. The maximum Gasteiger partial charge on any atom is 0.250 e. The van der Waals surface area contributed by atoms with Crippen LogP contribution in [0.1, 0.15) is 18.1 Å². The molecule has 0 aliphatic carbocycles. The Kier molecular flexibility index (Phi) is 8.92. The number of para-hydroxylation sites is 1. The lowest BCUT2D eigenvalue weighted by Crippen LogP contribution is -2.55. The molecule has 0 radical (unpaired) electrons. The van der Waals surface area contributed by atoms with Crippen LogP contribution in [0.4, 0.5) is 5.69 Å². The number of nitrogens with zero attached hydrogens (tertiary/aromatic N) is 2. The molecule has 0 saturated carbocycles. The van der Waals surface area contributed by atoms with Gasteiger partial charge < -0.3 is 16.4 Å². The van der Waals surface area contributed by atoms with Gasteiger partial charge in [0.15, 0.2) is 5.11 Å². The van der Waals surface area contributed by atoms with E-state index in [9.17, 15) is 9.59 Å². The average Bonchev–Trinajstić information content (AvgIpc) is 2.93. The zero-order chi connectivity index (χ0) is 26.9. The van der Waals surface area contributed by atoms with Crippen LogP contribution in [0.3, 0.4) is 0 Å². The third-order valence-electron chi connectivity index (χ3n) is 5.82. The summed E-state index contributed by atoms with van der Waals surface area (Å²) < 4.78 is 0. The first kappa shape index (κ1) is 26.7. The maximum absolute atomic E-state index is 13.7. The Bertz CT molecular complexity index is 1440. The number of fused-ring (bicyclic) bond motifs is 1. The number of nitrogens with two attached hydrogens (primary N) is 1. The molecule has 4 N–H and O–H groups in total. The average molecular weight is 524 g/mol. The second-order valence-electron chi connectivity index (χ2n) is 8.75. The van der Waals surface area contributed by atoms with Crippen molar-refractivity contribution < 1.29 is 9.59 Å². The van der Waals surface area contributed by atoms with Gasteiger partial charge in [0.1, 0.15) is 0 Å². The first-order valence-electron chi connectivity index (χ1n) is 12.2. The molecule has 2 atom stereocenters. The predicted octanol–water partition coefficient (Wildman–Crippen LogP) is 4.19. The first-order chi connectivity index (χ1) is 18.4. The van der Waals surface area contributed by atoms with Crippen molar-refractivity contribution in [1.82, 2.24) is 15.6 Å². The molecular formula is C30H29N5O2S. The van der Waals surface area contributed by atoms with Crippen molar-refractivity contribution in [2.75, 3.05) is 4.90 Å². The van der Waals surface area contributed by atoms with Crippen molar-refractivity contribution in [1.29, 1.82) is 0 Å². The molecule has 192 valence electrons. The summed E-state index contributed by atoms with van der Waals surface area (Å²) in [6.07, 6.45) is 4.61. The van der Waals surface area contributed by atoms with Gasteiger partial charge >= 0.3 is 0 Å². The van der Waals surface area contributed by atoms with Crippen LogP contribution in [-0.2, 0) is 16.0 Å². The highest BCUT2D eigenvalue weighted by Crippen LogP contribution is 2.26. The maximum atomic E-state index is 13.7. The minimum Gasteiger partial charge on any atom is -0.342 e. The van der Waals surface area contributed by atoms with E-state index >= 15 is 0 Å². The van der Waals surface area contributed by atoms with E-state index in [2.05, 4.69) is 15.6 Å². The molecule has 4 aromatic rings. The fraction of sp³-hybridized carbons (Fsp3) is 0.133. The Hall–Kier alpha value is -4.40. The minimum atomic E-state index is -0.852. The quantitative estimate of drug-likeness (QED) is 0.182. The monoisotopic (exact) mass is 523 g/mol. The molecule has 8 heteroatoms. The van der Waals surface area contributed by atoms with Crippen LogP contribution in [0.5, 0.6) is 0 Å². The fourth-order valence-corrected chi connectivity index (χ4v) is 4.37. The largest absolute Gasteiger partial charge is 0.342 e. The van der Waals surface area contributed by atoms with Crippen molar-refractivity contribution in [3.63, 3.8) is 0 Å². The van der Waals surface area contributed by atoms with Crippen molar-refractivity contribution in [3.05, 3.63) is 114 Å². The number of hydrogen-bond acceptors (Lipinski definition) is 5. The summed E-state index contributed by atoms with van der Waals surface area (Å²) in [7, 11) is 0. The summed E-state index contributed by atoms with van der Waals surface area (Å²) >= 11 is 5.69. The summed E-state index contributed by atoms with van der Waals surface area (Å²) in [5.41, 5.74) is 9.37. The zero-order valence-corrected chi connectivity index (χ0v) is 21.8. The molecular weight excluding hydrogens is 494 g/mol. The molecule has 0 saturated heterocycles. The van der Waals surface area contributed by atoms with E-state index in [4.69, 9.17) is 18.0 Å². The van der Waals surface area contributed by atoms with Crippen molar-refractivity contribution >= 4 is 51.8 Å². The predicted molar refractivity (Wildman–Crippen MR) is 156 cm³/mol. The van der Waals surface area contributed by atoms with Gasteiger partial charge in [0.25, 0.3) is 5.91 Å². The summed E-state index contributed by atoms with van der Waals surface area (Å²) in [5, 5.41) is 6.85. The summed E-state index contributed by atoms with van der Waals surface area (Å²) in [6, 6.07) is 27.5. The highest BCUT2D eigenvalue weighted by Gasteiger charge is 2.28. The van der Waals surface area contributed by atoms with Crippen molar-refractivity contribution in [3.8, 4) is 0 Å². The topological polar surface area (TPSA) is 100 Å². The van der Waals surface area contributed by atoms with Crippen LogP contribution in [0.15, 0.2) is 103 Å². The molecule has 3 aromatic carbocycles. The van der Waals surface area contributed by atoms with Crippen molar-refractivity contribution in [2.24, 2.45) is 5.73 Å².